The average molecular weight is 393 g/mol. The topological polar surface area (TPSA) is 93.8 Å². The summed E-state index contributed by atoms with van der Waals surface area (Å²) < 4.78 is 18.4. The third kappa shape index (κ3) is 4.11. The van der Waals surface area contributed by atoms with Gasteiger partial charge in [0.05, 0.1) is 11.2 Å². The van der Waals surface area contributed by atoms with Gasteiger partial charge in [0.1, 0.15) is 12.4 Å². The molecular formula is C21H19N3O3S. The lowest BCUT2D eigenvalue weighted by molar-refractivity contribution is 0.307. The van der Waals surface area contributed by atoms with E-state index in [0.717, 1.165) is 22.2 Å². The number of fused-ring (bicyclic) bond motifs is 1. The number of aromatic nitrogens is 3. The lowest BCUT2D eigenvalue weighted by Gasteiger charge is -2.12. The van der Waals surface area contributed by atoms with E-state index in [9.17, 15) is 9.35 Å². The molecule has 1 atom stereocenters. The van der Waals surface area contributed by atoms with Gasteiger partial charge in [0.15, 0.2) is 10.6 Å². The van der Waals surface area contributed by atoms with Crippen molar-refractivity contribution in [2.75, 3.05) is 0 Å². The molecule has 0 aliphatic rings. The van der Waals surface area contributed by atoms with Crippen molar-refractivity contribution in [1.82, 2.24) is 15.0 Å². The van der Waals surface area contributed by atoms with Gasteiger partial charge in [-0.3, -0.25) is 4.98 Å². The Morgan fingerprint density at radius 3 is 2.68 bits per heavy atom. The molecule has 0 spiro atoms. The van der Waals surface area contributed by atoms with Crippen molar-refractivity contribution in [1.29, 1.82) is 0 Å². The van der Waals surface area contributed by atoms with Crippen LogP contribution < -0.4 is 10.4 Å². The number of nitrogens with zero attached hydrogens (tertiary/aromatic N) is 1. The maximum Gasteiger partial charge on any atom is 0.323 e. The molecule has 2 N–H and O–H groups in total. The Balaban J connectivity index is 1.44. The van der Waals surface area contributed by atoms with Gasteiger partial charge in [0.2, 0.25) is 0 Å². The van der Waals surface area contributed by atoms with E-state index in [0.29, 0.717) is 22.9 Å². The number of para-hydroxylation sites is 1. The van der Waals surface area contributed by atoms with Crippen molar-refractivity contribution in [2.24, 2.45) is 0 Å². The summed E-state index contributed by atoms with van der Waals surface area (Å²) in [6.07, 6.45) is 1.54. The van der Waals surface area contributed by atoms with Crippen LogP contribution >= 0.6 is 0 Å². The first-order valence-corrected chi connectivity index (χ1v) is 10.1. The van der Waals surface area contributed by atoms with Crippen LogP contribution in [0.2, 0.25) is 0 Å². The maximum atomic E-state index is 12.4. The Morgan fingerprint density at radius 2 is 1.93 bits per heavy atom. The number of nitrogens with one attached hydrogen (secondary N) is 2. The fourth-order valence-corrected chi connectivity index (χ4v) is 4.08. The van der Waals surface area contributed by atoms with Crippen LogP contribution in [0.1, 0.15) is 17.0 Å². The first kappa shape index (κ1) is 18.3. The Bertz CT molecular complexity index is 1150. The molecule has 2 aromatic carbocycles. The van der Waals surface area contributed by atoms with Gasteiger partial charge < -0.3 is 19.3 Å². The average Bonchev–Trinajstić information content (AvgIpc) is 3.11. The molecular weight excluding hydrogens is 374 g/mol. The van der Waals surface area contributed by atoms with Gasteiger partial charge >= 0.3 is 5.69 Å². The summed E-state index contributed by atoms with van der Waals surface area (Å²) in [5, 5.41) is 1.08. The Kier molecular flexibility index (Phi) is 5.18. The molecule has 142 valence electrons. The number of rotatable bonds is 6. The summed E-state index contributed by atoms with van der Waals surface area (Å²) in [6.45, 7) is 2.40. The number of H-pyrrole nitrogens is 2. The third-order valence-corrected chi connectivity index (χ3v) is 5.72. The van der Waals surface area contributed by atoms with Crippen molar-refractivity contribution < 1.29 is 9.29 Å². The summed E-state index contributed by atoms with van der Waals surface area (Å²) >= 11 is -1.24. The van der Waals surface area contributed by atoms with E-state index in [2.05, 4.69) is 15.0 Å². The molecule has 0 aliphatic heterocycles. The molecule has 0 amide bonds. The molecule has 0 fully saturated rings. The number of hydrogen-bond acceptors (Lipinski definition) is 4. The van der Waals surface area contributed by atoms with Gasteiger partial charge in [-0.25, -0.2) is 4.79 Å². The Labute approximate surface area is 164 Å². The van der Waals surface area contributed by atoms with Gasteiger partial charge in [-0.2, -0.15) is 0 Å². The van der Waals surface area contributed by atoms with E-state index in [1.165, 1.54) is 0 Å². The zero-order chi connectivity index (χ0) is 19.5. The van der Waals surface area contributed by atoms with E-state index in [4.69, 9.17) is 4.74 Å². The molecule has 28 heavy (non-hydrogen) atoms. The van der Waals surface area contributed by atoms with E-state index in [-0.39, 0.29) is 11.4 Å². The smallest absolute Gasteiger partial charge is 0.323 e. The van der Waals surface area contributed by atoms with Crippen LogP contribution in [-0.4, -0.2) is 19.5 Å². The summed E-state index contributed by atoms with van der Waals surface area (Å²) in [4.78, 5) is 21.5. The van der Waals surface area contributed by atoms with Crippen molar-refractivity contribution >= 4 is 22.1 Å². The molecule has 0 aliphatic carbocycles. The van der Waals surface area contributed by atoms with Crippen molar-refractivity contribution in [2.45, 2.75) is 24.2 Å². The van der Waals surface area contributed by atoms with Crippen molar-refractivity contribution in [3.8, 4) is 5.75 Å². The minimum atomic E-state index is -1.24. The summed E-state index contributed by atoms with van der Waals surface area (Å²) in [5.41, 5.74) is 3.30. The monoisotopic (exact) mass is 393 g/mol. The molecule has 0 saturated carbocycles. The van der Waals surface area contributed by atoms with Gasteiger partial charge in [-0.1, -0.05) is 18.2 Å². The highest BCUT2D eigenvalue weighted by atomic mass is 32.2. The van der Waals surface area contributed by atoms with Crippen LogP contribution in [0.3, 0.4) is 0 Å². The predicted molar refractivity (Wildman–Crippen MR) is 109 cm³/mol. The minimum Gasteiger partial charge on any atom is -0.611 e. The SMILES string of the molecule is Cc1cc(COc2ccc([S+]([O-])Cc3c[nH]c(=O)[nH]3)cc2)c2ccccc2n1. The van der Waals surface area contributed by atoms with Gasteiger partial charge in [0, 0.05) is 22.8 Å². The minimum absolute atomic E-state index is 0.251. The zero-order valence-corrected chi connectivity index (χ0v) is 16.1. The maximum absolute atomic E-state index is 12.4. The van der Waals surface area contributed by atoms with Crippen LogP contribution in [0, 0.1) is 6.92 Å². The van der Waals surface area contributed by atoms with Gasteiger partial charge in [0.25, 0.3) is 0 Å². The number of aryl methyl sites for hydroxylation is 1. The lowest BCUT2D eigenvalue weighted by atomic mass is 10.1. The number of aromatic amines is 2. The molecule has 1 unspecified atom stereocenters. The van der Waals surface area contributed by atoms with E-state index >= 15 is 0 Å². The van der Waals surface area contributed by atoms with Crippen molar-refractivity contribution in [3.05, 3.63) is 88.2 Å². The van der Waals surface area contributed by atoms with Gasteiger partial charge in [-0.15, -0.1) is 0 Å². The second-order valence-corrected chi connectivity index (χ2v) is 7.91. The molecule has 0 radical (unpaired) electrons. The van der Waals surface area contributed by atoms with E-state index in [1.807, 2.05) is 49.4 Å². The Hall–Kier alpha value is -3.03. The highest BCUT2D eigenvalue weighted by Gasteiger charge is 2.13. The predicted octanol–water partition coefficient (Wildman–Crippen LogP) is 3.45. The number of benzene rings is 2. The normalized spacial score (nSPS) is 12.2. The molecule has 0 bridgehead atoms. The van der Waals surface area contributed by atoms with Crippen LogP contribution in [0.5, 0.6) is 5.75 Å². The lowest BCUT2D eigenvalue weighted by Crippen LogP contribution is -2.07. The highest BCUT2D eigenvalue weighted by Crippen LogP contribution is 2.22. The molecule has 2 aromatic heterocycles. The molecule has 2 heterocycles. The van der Waals surface area contributed by atoms with E-state index in [1.54, 1.807) is 18.3 Å². The summed E-state index contributed by atoms with van der Waals surface area (Å²) in [6, 6.07) is 17.2. The number of imidazole rings is 1. The zero-order valence-electron chi connectivity index (χ0n) is 15.3. The van der Waals surface area contributed by atoms with Crippen molar-refractivity contribution in [3.63, 3.8) is 0 Å². The first-order chi connectivity index (χ1) is 13.6. The second kappa shape index (κ2) is 7.92. The summed E-state index contributed by atoms with van der Waals surface area (Å²) in [7, 11) is 0. The molecule has 4 aromatic rings. The molecule has 7 heteroatoms. The molecule has 6 nitrogen and oxygen atoms in total. The molecule has 0 saturated heterocycles. The fourth-order valence-electron chi connectivity index (χ4n) is 3.04. The highest BCUT2D eigenvalue weighted by molar-refractivity contribution is 7.90. The standard InChI is InChI=1S/C21H19N3O3S/c1-14-10-15(19-4-2-3-5-20(19)23-14)12-27-17-6-8-18(9-7-17)28(26)13-16-11-22-21(25)24-16/h2-11H,12-13H2,1H3,(H2,22,24,25). The van der Waals surface area contributed by atoms with Crippen LogP contribution in [0.25, 0.3) is 10.9 Å². The van der Waals surface area contributed by atoms with Crippen LogP contribution in [-0.2, 0) is 23.5 Å². The van der Waals surface area contributed by atoms with Crippen LogP contribution in [0.15, 0.2) is 70.5 Å². The number of hydrogen-bond donors (Lipinski definition) is 2. The number of pyridine rings is 1. The van der Waals surface area contributed by atoms with E-state index < -0.39 is 11.2 Å². The fraction of sp³-hybridized carbons (Fsp3) is 0.143. The second-order valence-electron chi connectivity index (χ2n) is 6.46. The quantitative estimate of drug-likeness (QED) is 0.491. The largest absolute Gasteiger partial charge is 0.611 e. The Morgan fingerprint density at radius 1 is 1.14 bits per heavy atom. The molecule has 4 rings (SSSR count). The van der Waals surface area contributed by atoms with Crippen LogP contribution in [0.4, 0.5) is 0 Å². The summed E-state index contributed by atoms with van der Waals surface area (Å²) in [5.74, 6) is 0.954. The first-order valence-electron chi connectivity index (χ1n) is 8.81. The third-order valence-electron chi connectivity index (χ3n) is 4.35. The number of ether oxygens (including phenoxy) is 1. The van der Waals surface area contributed by atoms with Gasteiger partial charge in [-0.05, 0) is 54.5 Å².